The van der Waals surface area contributed by atoms with Crippen molar-refractivity contribution in [2.24, 2.45) is 0 Å². The predicted molar refractivity (Wildman–Crippen MR) is 79.6 cm³/mol. The van der Waals surface area contributed by atoms with Crippen LogP contribution in [-0.4, -0.2) is 29.9 Å². The molecule has 1 aliphatic carbocycles. The maximum Gasteiger partial charge on any atom is 0.279 e. The fourth-order valence-electron chi connectivity index (χ4n) is 3.34. The fourth-order valence-corrected chi connectivity index (χ4v) is 3.34. The van der Waals surface area contributed by atoms with Crippen LogP contribution in [0.25, 0.3) is 0 Å². The number of quaternary nitrogens is 1. The van der Waals surface area contributed by atoms with Gasteiger partial charge < -0.3 is 16.0 Å². The van der Waals surface area contributed by atoms with Crippen molar-refractivity contribution in [3.05, 3.63) is 30.3 Å². The van der Waals surface area contributed by atoms with Crippen LogP contribution in [0, 0.1) is 0 Å². The minimum atomic E-state index is -0.298. The van der Waals surface area contributed by atoms with E-state index in [-0.39, 0.29) is 24.3 Å². The van der Waals surface area contributed by atoms with Gasteiger partial charge in [0.15, 0.2) is 6.04 Å². The molecule has 1 aromatic rings. The maximum absolute atomic E-state index is 12.1. The molecule has 2 aliphatic rings. The van der Waals surface area contributed by atoms with Crippen molar-refractivity contribution < 1.29 is 14.9 Å². The fraction of sp³-hybridized carbons (Fsp3) is 0.500. The van der Waals surface area contributed by atoms with Gasteiger partial charge in [0, 0.05) is 12.1 Å². The lowest BCUT2D eigenvalue weighted by atomic mass is 9.87. The molecule has 3 rings (SSSR count). The molecule has 2 fully saturated rings. The van der Waals surface area contributed by atoms with E-state index in [1.165, 1.54) is 12.8 Å². The molecule has 0 bridgehead atoms. The number of fused-ring (bicyclic) bond motifs is 1. The van der Waals surface area contributed by atoms with Gasteiger partial charge in [-0.3, -0.25) is 9.59 Å². The van der Waals surface area contributed by atoms with Crippen molar-refractivity contribution in [2.75, 3.05) is 5.32 Å². The molecular formula is C16H22N3O2+. The lowest BCUT2D eigenvalue weighted by molar-refractivity contribution is -0.718. The topological polar surface area (TPSA) is 74.8 Å². The summed E-state index contributed by atoms with van der Waals surface area (Å²) in [5.74, 6) is -0.103. The molecule has 0 aromatic heterocycles. The van der Waals surface area contributed by atoms with Crippen molar-refractivity contribution in [1.29, 1.82) is 0 Å². The molecule has 5 nitrogen and oxygen atoms in total. The molecule has 1 saturated carbocycles. The Morgan fingerprint density at radius 2 is 2.00 bits per heavy atom. The first-order valence-electron chi connectivity index (χ1n) is 7.72. The number of nitrogens with two attached hydrogens (primary N) is 1. The van der Waals surface area contributed by atoms with Crippen LogP contribution in [0.1, 0.15) is 32.1 Å². The van der Waals surface area contributed by atoms with E-state index in [9.17, 15) is 9.59 Å². The smallest absolute Gasteiger partial charge is 0.279 e. The van der Waals surface area contributed by atoms with E-state index in [4.69, 9.17) is 0 Å². The predicted octanol–water partition coefficient (Wildman–Crippen LogP) is 0.388. The number of carbonyl (C=O) groups excluding carboxylic acids is 2. The highest BCUT2D eigenvalue weighted by Gasteiger charge is 2.40. The van der Waals surface area contributed by atoms with Crippen LogP contribution in [0.3, 0.4) is 0 Å². The number of carbonyl (C=O) groups is 2. The summed E-state index contributed by atoms with van der Waals surface area (Å²) in [6, 6.07) is 9.78. The summed E-state index contributed by atoms with van der Waals surface area (Å²) >= 11 is 0. The van der Waals surface area contributed by atoms with Crippen LogP contribution in [-0.2, 0) is 9.59 Å². The summed E-state index contributed by atoms with van der Waals surface area (Å²) in [5, 5.41) is 8.03. The second kappa shape index (κ2) is 6.26. The minimum absolute atomic E-state index is 0.00126. The van der Waals surface area contributed by atoms with Gasteiger partial charge in [-0.05, 0) is 25.0 Å². The molecule has 2 amide bonds. The number of hydrogen-bond donors (Lipinski definition) is 3. The Hall–Kier alpha value is -1.88. The van der Waals surface area contributed by atoms with E-state index in [0.717, 1.165) is 18.5 Å². The third kappa shape index (κ3) is 3.42. The third-order valence-corrected chi connectivity index (χ3v) is 4.43. The van der Waals surface area contributed by atoms with Crippen LogP contribution < -0.4 is 16.0 Å². The van der Waals surface area contributed by atoms with E-state index in [0.29, 0.717) is 12.1 Å². The summed E-state index contributed by atoms with van der Waals surface area (Å²) < 4.78 is 0. The van der Waals surface area contributed by atoms with Gasteiger partial charge in [-0.2, -0.15) is 0 Å². The standard InChI is InChI=1S/C16H21N3O2/c20-15(17-11-6-2-1-3-7-11)10-14-16(21)19-13-9-5-4-8-12(13)18-14/h1-3,6-7,12-14,18H,4-5,8-10H2,(H,17,20)(H,19,21)/p+1/t12-,13+,14-/m0/s1. The highest BCUT2D eigenvalue weighted by atomic mass is 16.2. The second-order valence-electron chi connectivity index (χ2n) is 5.98. The van der Waals surface area contributed by atoms with Crippen LogP contribution in [0.2, 0.25) is 0 Å². The van der Waals surface area contributed by atoms with Crippen LogP contribution in [0.5, 0.6) is 0 Å². The largest absolute Gasteiger partial charge is 0.342 e. The van der Waals surface area contributed by atoms with Gasteiger partial charge in [-0.25, -0.2) is 0 Å². The Morgan fingerprint density at radius 1 is 1.24 bits per heavy atom. The monoisotopic (exact) mass is 288 g/mol. The summed E-state index contributed by atoms with van der Waals surface area (Å²) in [7, 11) is 0. The summed E-state index contributed by atoms with van der Waals surface area (Å²) in [4.78, 5) is 24.2. The van der Waals surface area contributed by atoms with Crippen LogP contribution >= 0.6 is 0 Å². The first-order chi connectivity index (χ1) is 10.2. The lowest BCUT2D eigenvalue weighted by Crippen LogP contribution is -3.03. The molecule has 1 aromatic carbocycles. The molecule has 1 aliphatic heterocycles. The third-order valence-electron chi connectivity index (χ3n) is 4.43. The normalized spacial score (nSPS) is 28.4. The second-order valence-corrected chi connectivity index (χ2v) is 5.98. The van der Waals surface area contributed by atoms with E-state index in [1.807, 2.05) is 30.3 Å². The Balaban J connectivity index is 1.56. The van der Waals surface area contributed by atoms with Crippen molar-refractivity contribution in [2.45, 2.75) is 50.2 Å². The van der Waals surface area contributed by atoms with Gasteiger partial charge in [-0.1, -0.05) is 24.6 Å². The van der Waals surface area contributed by atoms with Gasteiger partial charge in [-0.15, -0.1) is 0 Å². The molecule has 112 valence electrons. The number of piperazine rings is 1. The zero-order valence-electron chi connectivity index (χ0n) is 12.0. The quantitative estimate of drug-likeness (QED) is 0.752. The Kier molecular flexibility index (Phi) is 4.20. The highest BCUT2D eigenvalue weighted by molar-refractivity contribution is 5.95. The van der Waals surface area contributed by atoms with E-state index in [1.54, 1.807) is 0 Å². The zero-order valence-corrected chi connectivity index (χ0v) is 12.0. The van der Waals surface area contributed by atoms with Gasteiger partial charge in [0.1, 0.15) is 6.04 Å². The SMILES string of the molecule is O=C(C[C@@H]1[NH2+][C@H]2CCCC[C@H]2NC1=O)Nc1ccccc1. The van der Waals surface area contributed by atoms with Crippen molar-refractivity contribution >= 4 is 17.5 Å². The number of hydrogen-bond acceptors (Lipinski definition) is 2. The number of nitrogens with one attached hydrogen (secondary N) is 2. The lowest BCUT2D eigenvalue weighted by Gasteiger charge is -2.37. The molecule has 1 heterocycles. The number of rotatable bonds is 3. The maximum atomic E-state index is 12.1. The van der Waals surface area contributed by atoms with Gasteiger partial charge in [0.05, 0.1) is 12.5 Å². The van der Waals surface area contributed by atoms with Crippen molar-refractivity contribution in [1.82, 2.24) is 5.32 Å². The Morgan fingerprint density at radius 3 is 2.81 bits per heavy atom. The molecule has 3 atom stereocenters. The Bertz CT molecular complexity index is 518. The first-order valence-corrected chi connectivity index (χ1v) is 7.72. The van der Waals surface area contributed by atoms with Crippen LogP contribution in [0.4, 0.5) is 5.69 Å². The number of benzene rings is 1. The molecule has 0 radical (unpaired) electrons. The minimum Gasteiger partial charge on any atom is -0.342 e. The van der Waals surface area contributed by atoms with E-state index < -0.39 is 0 Å². The van der Waals surface area contributed by atoms with Crippen LogP contribution in [0.15, 0.2) is 30.3 Å². The highest BCUT2D eigenvalue weighted by Crippen LogP contribution is 2.18. The number of amides is 2. The van der Waals surface area contributed by atoms with Gasteiger partial charge >= 0.3 is 0 Å². The molecule has 5 heteroatoms. The van der Waals surface area contributed by atoms with Crippen molar-refractivity contribution in [3.63, 3.8) is 0 Å². The summed E-state index contributed by atoms with van der Waals surface area (Å²) in [6.07, 6.45) is 4.83. The molecule has 1 saturated heterocycles. The summed E-state index contributed by atoms with van der Waals surface area (Å²) in [6.45, 7) is 0. The zero-order chi connectivity index (χ0) is 14.7. The molecule has 0 unspecified atom stereocenters. The molecule has 0 spiro atoms. The number of anilines is 1. The van der Waals surface area contributed by atoms with Gasteiger partial charge in [0.25, 0.3) is 5.91 Å². The Labute approximate surface area is 124 Å². The van der Waals surface area contributed by atoms with E-state index >= 15 is 0 Å². The van der Waals surface area contributed by atoms with E-state index in [2.05, 4.69) is 16.0 Å². The number of para-hydroxylation sites is 1. The van der Waals surface area contributed by atoms with Crippen molar-refractivity contribution in [3.8, 4) is 0 Å². The summed E-state index contributed by atoms with van der Waals surface area (Å²) in [5.41, 5.74) is 0.772. The first kappa shape index (κ1) is 14.1. The average Bonchev–Trinajstić information content (AvgIpc) is 2.49. The molecule has 4 N–H and O–H groups in total. The van der Waals surface area contributed by atoms with Gasteiger partial charge in [0.2, 0.25) is 5.91 Å². The molecular weight excluding hydrogens is 266 g/mol. The molecule has 21 heavy (non-hydrogen) atoms. The average molecular weight is 288 g/mol.